The topological polar surface area (TPSA) is 38.3 Å². The van der Waals surface area contributed by atoms with E-state index < -0.39 is 23.4 Å². The Bertz CT molecular complexity index is 384. The molecule has 0 aromatic heterocycles. The zero-order valence-corrected chi connectivity index (χ0v) is 10.7. The minimum Gasteiger partial charge on any atom is -0.445 e. The van der Waals surface area contributed by atoms with Gasteiger partial charge in [0.25, 0.3) is 0 Å². The SMILES string of the molecule is O=C(N[C@H](CCl)C(F)(F)Cl)OCc1ccccc1. The first-order valence-corrected chi connectivity index (χ1v) is 5.94. The number of benzene rings is 1. The van der Waals surface area contributed by atoms with Crippen LogP contribution < -0.4 is 5.32 Å². The van der Waals surface area contributed by atoms with Gasteiger partial charge in [-0.15, -0.1) is 11.6 Å². The molecule has 18 heavy (non-hydrogen) atoms. The molecule has 0 spiro atoms. The van der Waals surface area contributed by atoms with Gasteiger partial charge in [-0.25, -0.2) is 4.79 Å². The van der Waals surface area contributed by atoms with Crippen LogP contribution in [-0.4, -0.2) is 23.4 Å². The molecule has 0 aliphatic heterocycles. The molecule has 0 radical (unpaired) electrons. The Kier molecular flexibility index (Phi) is 5.62. The molecule has 1 amide bonds. The number of alkyl carbamates (subject to hydrolysis) is 1. The van der Waals surface area contributed by atoms with Crippen LogP contribution in [0.3, 0.4) is 0 Å². The number of halogens is 4. The summed E-state index contributed by atoms with van der Waals surface area (Å²) >= 11 is 10.1. The van der Waals surface area contributed by atoms with Crippen molar-refractivity contribution in [3.05, 3.63) is 35.9 Å². The van der Waals surface area contributed by atoms with Crippen LogP contribution >= 0.6 is 23.2 Å². The van der Waals surface area contributed by atoms with Crippen molar-refractivity contribution < 1.29 is 18.3 Å². The van der Waals surface area contributed by atoms with Crippen molar-refractivity contribution >= 4 is 29.3 Å². The third-order valence-electron chi connectivity index (χ3n) is 2.05. The van der Waals surface area contributed by atoms with Crippen molar-refractivity contribution in [1.82, 2.24) is 5.32 Å². The lowest BCUT2D eigenvalue weighted by atomic mass is 10.2. The van der Waals surface area contributed by atoms with Crippen molar-refractivity contribution in [3.63, 3.8) is 0 Å². The third-order valence-corrected chi connectivity index (χ3v) is 2.63. The van der Waals surface area contributed by atoms with Gasteiger partial charge < -0.3 is 10.1 Å². The molecule has 0 fully saturated rings. The maximum Gasteiger partial charge on any atom is 0.407 e. The summed E-state index contributed by atoms with van der Waals surface area (Å²) in [6, 6.07) is 7.14. The van der Waals surface area contributed by atoms with Gasteiger partial charge in [0.2, 0.25) is 0 Å². The summed E-state index contributed by atoms with van der Waals surface area (Å²) in [6.45, 7) is -0.0183. The molecule has 0 saturated carbocycles. The summed E-state index contributed by atoms with van der Waals surface area (Å²) in [7, 11) is 0. The fraction of sp³-hybridized carbons (Fsp3) is 0.364. The molecule has 0 unspecified atom stereocenters. The second-order valence-electron chi connectivity index (χ2n) is 3.45. The van der Waals surface area contributed by atoms with Gasteiger partial charge in [-0.1, -0.05) is 30.3 Å². The second-order valence-corrected chi connectivity index (χ2v) is 4.27. The van der Waals surface area contributed by atoms with E-state index in [0.29, 0.717) is 0 Å². The van der Waals surface area contributed by atoms with Gasteiger partial charge >= 0.3 is 11.5 Å². The van der Waals surface area contributed by atoms with Crippen LogP contribution in [0.2, 0.25) is 0 Å². The normalized spacial score (nSPS) is 12.9. The molecule has 0 aliphatic carbocycles. The molecule has 1 aromatic rings. The van der Waals surface area contributed by atoms with Crippen LogP contribution in [0, 0.1) is 0 Å². The number of ether oxygens (including phenoxy) is 1. The zero-order valence-electron chi connectivity index (χ0n) is 9.21. The van der Waals surface area contributed by atoms with Gasteiger partial charge in [-0.2, -0.15) is 8.78 Å². The molecule has 0 saturated heterocycles. The van der Waals surface area contributed by atoms with Crippen molar-refractivity contribution in [2.45, 2.75) is 18.0 Å². The van der Waals surface area contributed by atoms with Crippen molar-refractivity contribution in [1.29, 1.82) is 0 Å². The first kappa shape index (κ1) is 15.0. The Morgan fingerprint density at radius 3 is 2.50 bits per heavy atom. The summed E-state index contributed by atoms with van der Waals surface area (Å²) in [4.78, 5) is 11.2. The molecule has 100 valence electrons. The lowest BCUT2D eigenvalue weighted by Gasteiger charge is -2.20. The molecule has 0 bridgehead atoms. The summed E-state index contributed by atoms with van der Waals surface area (Å²) in [5.74, 6) is -0.517. The number of hydrogen-bond donors (Lipinski definition) is 1. The Hall–Kier alpha value is -1.07. The van der Waals surface area contributed by atoms with E-state index in [0.717, 1.165) is 5.56 Å². The first-order chi connectivity index (χ1) is 8.43. The summed E-state index contributed by atoms with van der Waals surface area (Å²) < 4.78 is 30.2. The number of nitrogens with one attached hydrogen (secondary N) is 1. The number of carbonyl (C=O) groups is 1. The average molecular weight is 298 g/mol. The van der Waals surface area contributed by atoms with E-state index in [1.165, 1.54) is 0 Å². The van der Waals surface area contributed by atoms with E-state index in [1.54, 1.807) is 30.3 Å². The maximum atomic E-state index is 12.7. The quantitative estimate of drug-likeness (QED) is 0.847. The molecule has 0 heterocycles. The number of alkyl halides is 4. The standard InChI is InChI=1S/C11H11Cl2F2NO2/c12-6-9(11(13,14)15)16-10(17)18-7-8-4-2-1-3-5-8/h1-5,9H,6-7H2,(H,16,17)/t9-/m1/s1. The van der Waals surface area contributed by atoms with Gasteiger partial charge in [0, 0.05) is 0 Å². The van der Waals surface area contributed by atoms with Crippen molar-refractivity contribution in [2.75, 3.05) is 5.88 Å². The van der Waals surface area contributed by atoms with E-state index in [4.69, 9.17) is 27.9 Å². The van der Waals surface area contributed by atoms with Gasteiger partial charge in [-0.05, 0) is 17.2 Å². The van der Waals surface area contributed by atoms with E-state index >= 15 is 0 Å². The predicted octanol–water partition coefficient (Wildman–Crippen LogP) is 3.35. The van der Waals surface area contributed by atoms with Crippen LogP contribution in [0.15, 0.2) is 30.3 Å². The van der Waals surface area contributed by atoms with Gasteiger partial charge in [-0.3, -0.25) is 0 Å². The zero-order chi connectivity index (χ0) is 13.6. The van der Waals surface area contributed by atoms with Crippen LogP contribution in [0.5, 0.6) is 0 Å². The molecule has 3 nitrogen and oxygen atoms in total. The number of carbonyl (C=O) groups excluding carboxylic acids is 1. The Morgan fingerprint density at radius 2 is 2.00 bits per heavy atom. The van der Waals surface area contributed by atoms with Gasteiger partial charge in [0.1, 0.15) is 12.6 Å². The Morgan fingerprint density at radius 1 is 1.39 bits per heavy atom. The minimum atomic E-state index is -3.62. The fourth-order valence-electron chi connectivity index (χ4n) is 1.11. The molecule has 1 rings (SSSR count). The number of rotatable bonds is 5. The van der Waals surface area contributed by atoms with Gasteiger partial charge in [0.05, 0.1) is 5.88 Å². The van der Waals surface area contributed by atoms with Crippen molar-refractivity contribution in [3.8, 4) is 0 Å². The minimum absolute atomic E-state index is 0.0183. The smallest absolute Gasteiger partial charge is 0.407 e. The van der Waals surface area contributed by atoms with Crippen LogP contribution in [0.25, 0.3) is 0 Å². The molecule has 1 aromatic carbocycles. The monoisotopic (exact) mass is 297 g/mol. The maximum absolute atomic E-state index is 12.7. The molecule has 1 atom stereocenters. The van der Waals surface area contributed by atoms with Crippen molar-refractivity contribution in [2.24, 2.45) is 0 Å². The second kappa shape index (κ2) is 6.75. The van der Waals surface area contributed by atoms with E-state index in [2.05, 4.69) is 0 Å². The highest BCUT2D eigenvalue weighted by Gasteiger charge is 2.38. The van der Waals surface area contributed by atoms with Crippen LogP contribution in [0.1, 0.15) is 5.56 Å². The molecule has 0 aliphatic rings. The number of amides is 1. The summed E-state index contributed by atoms with van der Waals surface area (Å²) in [6.07, 6.45) is -0.996. The number of hydrogen-bond acceptors (Lipinski definition) is 2. The highest BCUT2D eigenvalue weighted by atomic mass is 35.5. The Balaban J connectivity index is 2.42. The first-order valence-electron chi connectivity index (χ1n) is 5.03. The average Bonchev–Trinajstić information content (AvgIpc) is 2.33. The molecular weight excluding hydrogens is 287 g/mol. The van der Waals surface area contributed by atoms with Gasteiger partial charge in [0.15, 0.2) is 0 Å². The van der Waals surface area contributed by atoms with E-state index in [1.807, 2.05) is 5.32 Å². The lowest BCUT2D eigenvalue weighted by molar-refractivity contribution is 0.0524. The van der Waals surface area contributed by atoms with E-state index in [-0.39, 0.29) is 6.61 Å². The highest BCUT2D eigenvalue weighted by molar-refractivity contribution is 6.24. The summed E-state index contributed by atoms with van der Waals surface area (Å²) in [5.41, 5.74) is 0.743. The molecular formula is C11H11Cl2F2NO2. The highest BCUT2D eigenvalue weighted by Crippen LogP contribution is 2.24. The van der Waals surface area contributed by atoms with Crippen LogP contribution in [0.4, 0.5) is 13.6 Å². The molecule has 7 heteroatoms. The lowest BCUT2D eigenvalue weighted by Crippen LogP contribution is -2.46. The van der Waals surface area contributed by atoms with E-state index in [9.17, 15) is 13.6 Å². The Labute approximate surface area is 113 Å². The predicted molar refractivity (Wildman–Crippen MR) is 65.1 cm³/mol. The summed E-state index contributed by atoms with van der Waals surface area (Å²) in [5, 5.41) is -1.72. The third kappa shape index (κ3) is 5.06. The largest absolute Gasteiger partial charge is 0.445 e. The fourth-order valence-corrected chi connectivity index (χ4v) is 1.60. The van der Waals surface area contributed by atoms with Crippen LogP contribution in [-0.2, 0) is 11.3 Å². The molecule has 1 N–H and O–H groups in total.